The lowest BCUT2D eigenvalue weighted by molar-refractivity contribution is 0.0510. The molecular formula is C15H15FN4O2. The maximum absolute atomic E-state index is 12.8. The Morgan fingerprint density at radius 3 is 2.82 bits per heavy atom. The summed E-state index contributed by atoms with van der Waals surface area (Å²) < 4.78 is 18.4. The van der Waals surface area contributed by atoms with Crippen LogP contribution in [-0.4, -0.2) is 45.0 Å². The van der Waals surface area contributed by atoms with Gasteiger partial charge in [0, 0.05) is 12.7 Å². The number of hydrogen-bond acceptors (Lipinski definition) is 5. The van der Waals surface area contributed by atoms with Crippen LogP contribution in [0.1, 0.15) is 23.3 Å². The average Bonchev–Trinajstić information content (AvgIpc) is 2.57. The molecule has 22 heavy (non-hydrogen) atoms. The molecule has 1 unspecified atom stereocenters. The van der Waals surface area contributed by atoms with Crippen LogP contribution >= 0.6 is 0 Å². The topological polar surface area (TPSA) is 68.2 Å². The zero-order valence-electron chi connectivity index (χ0n) is 11.9. The number of pyridine rings is 1. The molecule has 3 heterocycles. The Morgan fingerprint density at radius 1 is 1.27 bits per heavy atom. The van der Waals surface area contributed by atoms with E-state index in [0.29, 0.717) is 18.8 Å². The van der Waals surface area contributed by atoms with Crippen molar-refractivity contribution in [3.05, 3.63) is 48.3 Å². The van der Waals surface area contributed by atoms with Gasteiger partial charge in [0.25, 0.3) is 5.91 Å². The number of amides is 1. The van der Waals surface area contributed by atoms with Crippen LogP contribution in [0.5, 0.6) is 6.01 Å². The third-order valence-corrected chi connectivity index (χ3v) is 3.42. The molecule has 1 aliphatic heterocycles. The number of nitrogens with zero attached hydrogens (tertiary/aromatic N) is 4. The molecule has 0 radical (unpaired) electrons. The van der Waals surface area contributed by atoms with E-state index in [-0.39, 0.29) is 18.0 Å². The number of likely N-dealkylation sites (tertiary alicyclic amines) is 1. The van der Waals surface area contributed by atoms with Gasteiger partial charge in [-0.1, -0.05) is 6.07 Å². The molecule has 1 fully saturated rings. The highest BCUT2D eigenvalue weighted by atomic mass is 19.1. The first-order chi connectivity index (χ1) is 10.7. The summed E-state index contributed by atoms with van der Waals surface area (Å²) in [6.07, 6.45) is 5.13. The third-order valence-electron chi connectivity index (χ3n) is 3.42. The Morgan fingerprint density at radius 2 is 2.09 bits per heavy atom. The number of ether oxygens (including phenoxy) is 1. The normalized spacial score (nSPS) is 18.0. The van der Waals surface area contributed by atoms with E-state index in [1.165, 1.54) is 0 Å². The fourth-order valence-corrected chi connectivity index (χ4v) is 2.38. The molecule has 1 aliphatic rings. The van der Waals surface area contributed by atoms with Crippen molar-refractivity contribution in [1.29, 1.82) is 0 Å². The van der Waals surface area contributed by atoms with Gasteiger partial charge in [0.1, 0.15) is 11.8 Å². The summed E-state index contributed by atoms with van der Waals surface area (Å²) in [5.41, 5.74) is 0.418. The van der Waals surface area contributed by atoms with Crippen molar-refractivity contribution in [3.8, 4) is 6.01 Å². The highest BCUT2D eigenvalue weighted by molar-refractivity contribution is 5.92. The molecule has 6 nitrogen and oxygen atoms in total. The number of halogens is 1. The van der Waals surface area contributed by atoms with Crippen LogP contribution < -0.4 is 4.74 Å². The first-order valence-electron chi connectivity index (χ1n) is 7.07. The van der Waals surface area contributed by atoms with Crippen molar-refractivity contribution in [2.24, 2.45) is 0 Å². The van der Waals surface area contributed by atoms with E-state index in [1.807, 2.05) is 0 Å². The number of hydrogen-bond donors (Lipinski definition) is 0. The molecule has 0 bridgehead atoms. The minimum absolute atomic E-state index is 0.117. The molecule has 1 amide bonds. The molecule has 3 rings (SSSR count). The molecule has 0 aromatic carbocycles. The van der Waals surface area contributed by atoms with Gasteiger partial charge in [0.05, 0.1) is 18.9 Å². The number of carbonyl (C=O) groups excluding carboxylic acids is 1. The van der Waals surface area contributed by atoms with Gasteiger partial charge in [-0.3, -0.25) is 9.78 Å². The second-order valence-corrected chi connectivity index (χ2v) is 5.03. The van der Waals surface area contributed by atoms with Crippen molar-refractivity contribution in [2.75, 3.05) is 13.1 Å². The fraction of sp³-hybridized carbons (Fsp3) is 0.333. The first-order valence-corrected chi connectivity index (χ1v) is 7.07. The highest BCUT2D eigenvalue weighted by Crippen LogP contribution is 2.17. The maximum atomic E-state index is 12.8. The van der Waals surface area contributed by atoms with Gasteiger partial charge in [0.15, 0.2) is 5.82 Å². The lowest BCUT2D eigenvalue weighted by atomic mass is 10.1. The number of rotatable bonds is 3. The van der Waals surface area contributed by atoms with Crippen molar-refractivity contribution in [1.82, 2.24) is 19.9 Å². The van der Waals surface area contributed by atoms with E-state index in [0.717, 1.165) is 25.2 Å². The SMILES string of the molecule is O=C(c1ccccn1)N1CCCC(Oc2ncc(F)cn2)C1. The minimum Gasteiger partial charge on any atom is -0.458 e. The van der Waals surface area contributed by atoms with E-state index in [1.54, 1.807) is 29.3 Å². The van der Waals surface area contributed by atoms with Crippen LogP contribution in [0.3, 0.4) is 0 Å². The standard InChI is InChI=1S/C15H15FN4O2/c16-11-8-18-15(19-9-11)22-12-4-3-7-20(10-12)14(21)13-5-1-2-6-17-13/h1-2,5-6,8-9,12H,3-4,7,10H2. The van der Waals surface area contributed by atoms with Gasteiger partial charge in [-0.2, -0.15) is 0 Å². The molecule has 114 valence electrons. The monoisotopic (exact) mass is 302 g/mol. The summed E-state index contributed by atoms with van der Waals surface area (Å²) in [6.45, 7) is 1.11. The maximum Gasteiger partial charge on any atom is 0.316 e. The van der Waals surface area contributed by atoms with E-state index >= 15 is 0 Å². The summed E-state index contributed by atoms with van der Waals surface area (Å²) in [4.78, 5) is 25.7. The van der Waals surface area contributed by atoms with Gasteiger partial charge in [-0.25, -0.2) is 14.4 Å². The Kier molecular flexibility index (Phi) is 4.22. The zero-order valence-corrected chi connectivity index (χ0v) is 11.9. The summed E-state index contributed by atoms with van der Waals surface area (Å²) in [5, 5.41) is 0. The Labute approximate surface area is 127 Å². The summed E-state index contributed by atoms with van der Waals surface area (Å²) >= 11 is 0. The lowest BCUT2D eigenvalue weighted by Gasteiger charge is -2.32. The Balaban J connectivity index is 1.64. The lowest BCUT2D eigenvalue weighted by Crippen LogP contribution is -2.44. The van der Waals surface area contributed by atoms with Crippen LogP contribution in [0.4, 0.5) is 4.39 Å². The average molecular weight is 302 g/mol. The zero-order chi connectivity index (χ0) is 15.4. The third kappa shape index (κ3) is 3.36. The second kappa shape index (κ2) is 6.46. The molecule has 1 saturated heterocycles. The second-order valence-electron chi connectivity index (χ2n) is 5.03. The molecule has 0 saturated carbocycles. The van der Waals surface area contributed by atoms with Crippen LogP contribution in [0, 0.1) is 5.82 Å². The molecule has 0 aliphatic carbocycles. The molecule has 7 heteroatoms. The fourth-order valence-electron chi connectivity index (χ4n) is 2.38. The number of aromatic nitrogens is 3. The van der Waals surface area contributed by atoms with E-state index in [2.05, 4.69) is 15.0 Å². The van der Waals surface area contributed by atoms with Gasteiger partial charge >= 0.3 is 6.01 Å². The predicted molar refractivity (Wildman–Crippen MR) is 75.8 cm³/mol. The van der Waals surface area contributed by atoms with Crippen LogP contribution in [0.2, 0.25) is 0 Å². The van der Waals surface area contributed by atoms with Crippen LogP contribution in [0.15, 0.2) is 36.8 Å². The van der Waals surface area contributed by atoms with Gasteiger partial charge in [-0.15, -0.1) is 0 Å². The smallest absolute Gasteiger partial charge is 0.316 e. The quantitative estimate of drug-likeness (QED) is 0.863. The van der Waals surface area contributed by atoms with Crippen LogP contribution in [0.25, 0.3) is 0 Å². The predicted octanol–water partition coefficient (Wildman–Crippen LogP) is 1.69. The molecule has 0 spiro atoms. The summed E-state index contributed by atoms with van der Waals surface area (Å²) in [7, 11) is 0. The number of piperidine rings is 1. The van der Waals surface area contributed by atoms with Crippen molar-refractivity contribution in [3.63, 3.8) is 0 Å². The van der Waals surface area contributed by atoms with Gasteiger partial charge in [0.2, 0.25) is 0 Å². The largest absolute Gasteiger partial charge is 0.458 e. The van der Waals surface area contributed by atoms with Gasteiger partial charge < -0.3 is 9.64 Å². The molecule has 1 atom stereocenters. The molecule has 0 N–H and O–H groups in total. The van der Waals surface area contributed by atoms with E-state index < -0.39 is 5.82 Å². The molecule has 2 aromatic rings. The highest BCUT2D eigenvalue weighted by Gasteiger charge is 2.26. The van der Waals surface area contributed by atoms with Crippen molar-refractivity contribution >= 4 is 5.91 Å². The molecular weight excluding hydrogens is 287 g/mol. The minimum atomic E-state index is -0.511. The van der Waals surface area contributed by atoms with E-state index in [4.69, 9.17) is 4.74 Å². The summed E-state index contributed by atoms with van der Waals surface area (Å²) in [5.74, 6) is -0.628. The van der Waals surface area contributed by atoms with Crippen molar-refractivity contribution in [2.45, 2.75) is 18.9 Å². The first kappa shape index (κ1) is 14.4. The van der Waals surface area contributed by atoms with E-state index in [9.17, 15) is 9.18 Å². The van der Waals surface area contributed by atoms with Crippen LogP contribution in [-0.2, 0) is 0 Å². The molecule has 2 aromatic heterocycles. The number of carbonyl (C=O) groups is 1. The van der Waals surface area contributed by atoms with Gasteiger partial charge in [-0.05, 0) is 25.0 Å². The Hall–Kier alpha value is -2.57. The Bertz CT molecular complexity index is 636. The van der Waals surface area contributed by atoms with Crippen molar-refractivity contribution < 1.29 is 13.9 Å². The summed E-state index contributed by atoms with van der Waals surface area (Å²) in [6, 6.07) is 5.36.